The van der Waals surface area contributed by atoms with Gasteiger partial charge < -0.3 is 15.4 Å². The fraction of sp³-hybridized carbons (Fsp3) is 0.462. The van der Waals surface area contributed by atoms with Gasteiger partial charge in [-0.15, -0.1) is 0 Å². The minimum atomic E-state index is -0.261. The Hall–Kier alpha value is -1.07. The molecule has 1 aromatic rings. The second kappa shape index (κ2) is 4.90. The van der Waals surface area contributed by atoms with Crippen molar-refractivity contribution in [2.24, 2.45) is 10.7 Å². The molecule has 2 rings (SSSR count). The summed E-state index contributed by atoms with van der Waals surface area (Å²) in [6, 6.07) is 7.99. The van der Waals surface area contributed by atoms with Crippen LogP contribution in [0.5, 0.6) is 0 Å². The van der Waals surface area contributed by atoms with Crippen LogP contribution in [0.15, 0.2) is 33.7 Å². The molecule has 0 radical (unpaired) electrons. The minimum absolute atomic E-state index is 0.0226. The zero-order valence-corrected chi connectivity index (χ0v) is 12.4. The molecule has 1 heterocycles. The summed E-state index contributed by atoms with van der Waals surface area (Å²) < 4.78 is 6.49. The topological polar surface area (TPSA) is 50.9 Å². The van der Waals surface area contributed by atoms with Crippen LogP contribution in [0, 0.1) is 0 Å². The predicted molar refractivity (Wildman–Crippen MR) is 78.0 cm³/mol. The van der Waals surface area contributed by atoms with Crippen molar-refractivity contribution in [1.82, 2.24) is 0 Å². The lowest BCUT2D eigenvalue weighted by molar-refractivity contribution is 0.0644. The lowest BCUT2D eigenvalue weighted by Gasteiger charge is -2.40. The second-order valence-corrected chi connectivity index (χ2v) is 5.55. The average molecular weight is 312 g/mol. The first-order chi connectivity index (χ1) is 8.50. The molecule has 1 aliphatic rings. The lowest BCUT2D eigenvalue weighted by Crippen LogP contribution is -2.57. The number of hydrogen-bond acceptors (Lipinski definition) is 4. The third-order valence-electron chi connectivity index (χ3n) is 3.62. The molecule has 18 heavy (non-hydrogen) atoms. The van der Waals surface area contributed by atoms with Crippen LogP contribution in [0.25, 0.3) is 0 Å². The van der Waals surface area contributed by atoms with E-state index in [2.05, 4.69) is 27.8 Å². The zero-order valence-electron chi connectivity index (χ0n) is 10.9. The molecular weight excluding hydrogens is 294 g/mol. The van der Waals surface area contributed by atoms with Crippen molar-refractivity contribution in [2.75, 3.05) is 18.6 Å². The van der Waals surface area contributed by atoms with E-state index in [1.807, 2.05) is 36.1 Å². The molecule has 5 heteroatoms. The number of methoxy groups -OCH3 is 1. The second-order valence-electron chi connectivity index (χ2n) is 4.70. The molecule has 2 atom stereocenters. The molecule has 0 spiro atoms. The Kier molecular flexibility index (Phi) is 3.64. The number of halogens is 1. The van der Waals surface area contributed by atoms with Gasteiger partial charge >= 0.3 is 0 Å². The standard InChI is InChI=1S/C13H18BrN3O/c1-9(18-3)13(2)8-16-12(15)17(13)11-7-5-4-6-10(11)14/h4-7,9H,8H2,1-3H3,(H2,15,16). The number of ether oxygens (including phenoxy) is 1. The fourth-order valence-electron chi connectivity index (χ4n) is 2.24. The van der Waals surface area contributed by atoms with Crippen molar-refractivity contribution in [3.05, 3.63) is 28.7 Å². The normalized spacial score (nSPS) is 25.1. The van der Waals surface area contributed by atoms with Crippen molar-refractivity contribution >= 4 is 27.6 Å². The first-order valence-corrected chi connectivity index (χ1v) is 6.67. The molecule has 0 amide bonds. The number of anilines is 1. The minimum Gasteiger partial charge on any atom is -0.379 e. The number of nitrogens with two attached hydrogens (primary N) is 1. The van der Waals surface area contributed by atoms with Gasteiger partial charge in [0.1, 0.15) is 0 Å². The van der Waals surface area contributed by atoms with Gasteiger partial charge in [-0.25, -0.2) is 0 Å². The summed E-state index contributed by atoms with van der Waals surface area (Å²) in [7, 11) is 1.71. The van der Waals surface area contributed by atoms with Crippen molar-refractivity contribution in [3.63, 3.8) is 0 Å². The Labute approximate surface area is 116 Å². The van der Waals surface area contributed by atoms with Crippen molar-refractivity contribution in [3.8, 4) is 0 Å². The largest absolute Gasteiger partial charge is 0.379 e. The highest BCUT2D eigenvalue weighted by Crippen LogP contribution is 2.36. The van der Waals surface area contributed by atoms with E-state index >= 15 is 0 Å². The molecule has 2 N–H and O–H groups in total. The van der Waals surface area contributed by atoms with E-state index < -0.39 is 0 Å². The van der Waals surface area contributed by atoms with Gasteiger partial charge in [-0.2, -0.15) is 0 Å². The van der Waals surface area contributed by atoms with Crippen LogP contribution in [-0.4, -0.2) is 31.3 Å². The third kappa shape index (κ3) is 2.01. The Bertz CT molecular complexity index is 477. The van der Waals surface area contributed by atoms with Gasteiger partial charge in [0.2, 0.25) is 0 Å². The van der Waals surface area contributed by atoms with Crippen LogP contribution < -0.4 is 10.6 Å². The van der Waals surface area contributed by atoms with E-state index in [0.717, 1.165) is 10.2 Å². The van der Waals surface area contributed by atoms with Gasteiger partial charge in [-0.05, 0) is 41.9 Å². The molecule has 4 nitrogen and oxygen atoms in total. The maximum absolute atomic E-state index is 6.05. The van der Waals surface area contributed by atoms with Gasteiger partial charge in [-0.3, -0.25) is 4.99 Å². The molecule has 0 aromatic heterocycles. The smallest absolute Gasteiger partial charge is 0.196 e. The highest BCUT2D eigenvalue weighted by atomic mass is 79.9. The van der Waals surface area contributed by atoms with Crippen molar-refractivity contribution < 1.29 is 4.74 Å². The van der Waals surface area contributed by atoms with Crippen LogP contribution in [0.3, 0.4) is 0 Å². The number of aliphatic imine (C=N–C) groups is 1. The van der Waals surface area contributed by atoms with E-state index in [-0.39, 0.29) is 11.6 Å². The highest BCUT2D eigenvalue weighted by Gasteiger charge is 2.44. The molecule has 0 aliphatic carbocycles. The number of guanidine groups is 1. The number of nitrogens with zero attached hydrogens (tertiary/aromatic N) is 2. The highest BCUT2D eigenvalue weighted by molar-refractivity contribution is 9.10. The quantitative estimate of drug-likeness (QED) is 0.932. The summed E-state index contributed by atoms with van der Waals surface area (Å²) in [6.45, 7) is 4.79. The molecule has 0 bridgehead atoms. The SMILES string of the molecule is COC(C)C1(C)CN=C(N)N1c1ccccc1Br. The van der Waals surface area contributed by atoms with E-state index in [4.69, 9.17) is 10.5 Å². The Balaban J connectivity index is 2.46. The predicted octanol–water partition coefficient (Wildman–Crippen LogP) is 2.38. The molecule has 0 fully saturated rings. The first kappa shape index (κ1) is 13.4. The Morgan fingerprint density at radius 1 is 1.50 bits per heavy atom. The molecule has 0 saturated carbocycles. The molecule has 1 aromatic carbocycles. The molecule has 98 valence electrons. The molecule has 2 unspecified atom stereocenters. The monoisotopic (exact) mass is 311 g/mol. The van der Waals surface area contributed by atoms with Crippen LogP contribution >= 0.6 is 15.9 Å². The zero-order chi connectivity index (χ0) is 13.3. The molecule has 1 aliphatic heterocycles. The summed E-state index contributed by atoms with van der Waals surface area (Å²) in [5.74, 6) is 0.535. The number of hydrogen-bond donors (Lipinski definition) is 1. The fourth-order valence-corrected chi connectivity index (χ4v) is 2.70. The number of benzene rings is 1. The lowest BCUT2D eigenvalue weighted by atomic mass is 9.94. The van der Waals surface area contributed by atoms with Gasteiger partial charge in [0.25, 0.3) is 0 Å². The first-order valence-electron chi connectivity index (χ1n) is 5.88. The summed E-state index contributed by atoms with van der Waals surface area (Å²) in [5, 5.41) is 0. The van der Waals surface area contributed by atoms with Crippen LogP contribution in [0.2, 0.25) is 0 Å². The van der Waals surface area contributed by atoms with Crippen molar-refractivity contribution in [2.45, 2.75) is 25.5 Å². The summed E-state index contributed by atoms with van der Waals surface area (Å²) >= 11 is 3.56. The van der Waals surface area contributed by atoms with Gasteiger partial charge in [-0.1, -0.05) is 12.1 Å². The number of para-hydroxylation sites is 1. The molecule has 0 saturated heterocycles. The summed E-state index contributed by atoms with van der Waals surface area (Å²) in [6.07, 6.45) is 0.0226. The maximum Gasteiger partial charge on any atom is 0.196 e. The van der Waals surface area contributed by atoms with Crippen molar-refractivity contribution in [1.29, 1.82) is 0 Å². The van der Waals surface area contributed by atoms with Crippen LogP contribution in [0.4, 0.5) is 5.69 Å². The van der Waals surface area contributed by atoms with E-state index in [9.17, 15) is 0 Å². The van der Waals surface area contributed by atoms with E-state index in [1.54, 1.807) is 7.11 Å². The van der Waals surface area contributed by atoms with Crippen LogP contribution in [-0.2, 0) is 4.74 Å². The summed E-state index contributed by atoms with van der Waals surface area (Å²) in [5.41, 5.74) is 6.80. The van der Waals surface area contributed by atoms with E-state index in [0.29, 0.717) is 12.5 Å². The van der Waals surface area contributed by atoms with Crippen LogP contribution in [0.1, 0.15) is 13.8 Å². The Morgan fingerprint density at radius 3 is 2.78 bits per heavy atom. The number of rotatable bonds is 3. The van der Waals surface area contributed by atoms with Gasteiger partial charge in [0.05, 0.1) is 23.9 Å². The van der Waals surface area contributed by atoms with Gasteiger partial charge in [0, 0.05) is 11.6 Å². The van der Waals surface area contributed by atoms with E-state index in [1.165, 1.54) is 0 Å². The average Bonchev–Trinajstić information content (AvgIpc) is 2.67. The van der Waals surface area contributed by atoms with Gasteiger partial charge in [0.15, 0.2) is 5.96 Å². The maximum atomic E-state index is 6.05. The Morgan fingerprint density at radius 2 is 2.17 bits per heavy atom. The third-order valence-corrected chi connectivity index (χ3v) is 4.29. The summed E-state index contributed by atoms with van der Waals surface area (Å²) in [4.78, 5) is 6.42. The molecular formula is C13H18BrN3O.